The number of anilines is 1. The minimum atomic E-state index is 0.0385. The molecule has 0 unspecified atom stereocenters. The van der Waals surface area contributed by atoms with Crippen LogP contribution >= 0.6 is 11.8 Å². The largest absolute Gasteiger partial charge is 0.494 e. The van der Waals surface area contributed by atoms with Gasteiger partial charge in [-0.2, -0.15) is 11.8 Å². The second-order valence-electron chi connectivity index (χ2n) is 4.18. The molecule has 100 valence electrons. The first-order valence-corrected chi connectivity index (χ1v) is 7.48. The molecule has 1 atom stereocenters. The number of thioether (sulfide) groups is 1. The van der Waals surface area contributed by atoms with Crippen LogP contribution in [0.25, 0.3) is 0 Å². The Morgan fingerprint density at radius 1 is 1.39 bits per heavy atom. The van der Waals surface area contributed by atoms with Crippen LogP contribution < -0.4 is 9.64 Å². The van der Waals surface area contributed by atoms with Crippen molar-refractivity contribution in [2.24, 2.45) is 5.92 Å². The molecule has 0 N–H and O–H groups in total. The van der Waals surface area contributed by atoms with Crippen molar-refractivity contribution < 1.29 is 9.53 Å². The van der Waals surface area contributed by atoms with Gasteiger partial charge in [0.1, 0.15) is 5.75 Å². The van der Waals surface area contributed by atoms with Crippen LogP contribution in [0.15, 0.2) is 24.3 Å². The van der Waals surface area contributed by atoms with Crippen molar-refractivity contribution >= 4 is 23.4 Å². The Balaban J connectivity index is 2.71. The molecule has 0 aliphatic heterocycles. The molecule has 3 nitrogen and oxygen atoms in total. The summed E-state index contributed by atoms with van der Waals surface area (Å²) in [6.07, 6.45) is 2.01. The summed E-state index contributed by atoms with van der Waals surface area (Å²) in [6, 6.07) is 7.60. The molecule has 0 bridgehead atoms. The normalized spacial score (nSPS) is 12.0. The topological polar surface area (TPSA) is 29.5 Å². The number of nitrogens with zero attached hydrogens (tertiary/aromatic N) is 1. The van der Waals surface area contributed by atoms with E-state index in [0.29, 0.717) is 6.61 Å². The molecule has 0 aromatic heterocycles. The van der Waals surface area contributed by atoms with Crippen LogP contribution in [0.4, 0.5) is 5.69 Å². The van der Waals surface area contributed by atoms with Crippen LogP contribution in [-0.4, -0.2) is 31.6 Å². The van der Waals surface area contributed by atoms with E-state index in [1.54, 1.807) is 16.7 Å². The summed E-state index contributed by atoms with van der Waals surface area (Å²) in [6.45, 7) is 4.57. The summed E-state index contributed by atoms with van der Waals surface area (Å²) in [7, 11) is 1.81. The summed E-state index contributed by atoms with van der Waals surface area (Å²) in [5, 5.41) is 0. The van der Waals surface area contributed by atoms with Gasteiger partial charge in [0.15, 0.2) is 0 Å². The maximum atomic E-state index is 12.1. The zero-order valence-corrected chi connectivity index (χ0v) is 12.3. The Bertz CT molecular complexity index is 378. The highest BCUT2D eigenvalue weighted by molar-refractivity contribution is 7.98. The lowest BCUT2D eigenvalue weighted by Gasteiger charge is -2.21. The predicted molar refractivity (Wildman–Crippen MR) is 78.6 cm³/mol. The second kappa shape index (κ2) is 7.31. The van der Waals surface area contributed by atoms with Crippen LogP contribution in [0.5, 0.6) is 5.75 Å². The van der Waals surface area contributed by atoms with Gasteiger partial charge in [0.25, 0.3) is 0 Å². The molecule has 0 aliphatic carbocycles. The number of ether oxygens (including phenoxy) is 1. The summed E-state index contributed by atoms with van der Waals surface area (Å²) in [4.78, 5) is 13.8. The maximum absolute atomic E-state index is 12.1. The molecule has 1 rings (SSSR count). The van der Waals surface area contributed by atoms with Gasteiger partial charge in [-0.3, -0.25) is 4.79 Å². The molecular formula is C14H21NO2S. The Hall–Kier alpha value is -1.16. The van der Waals surface area contributed by atoms with Crippen LogP contribution in [0, 0.1) is 5.92 Å². The Morgan fingerprint density at radius 3 is 2.50 bits per heavy atom. The fourth-order valence-electron chi connectivity index (χ4n) is 1.71. The van der Waals surface area contributed by atoms with Gasteiger partial charge < -0.3 is 9.64 Å². The Labute approximate surface area is 114 Å². The van der Waals surface area contributed by atoms with Crippen molar-refractivity contribution in [3.05, 3.63) is 24.3 Å². The van der Waals surface area contributed by atoms with Gasteiger partial charge in [-0.1, -0.05) is 6.92 Å². The average Bonchev–Trinajstić information content (AvgIpc) is 2.38. The zero-order valence-electron chi connectivity index (χ0n) is 11.5. The van der Waals surface area contributed by atoms with E-state index in [0.717, 1.165) is 17.2 Å². The Kier molecular flexibility index (Phi) is 6.05. The molecule has 0 radical (unpaired) electrons. The van der Waals surface area contributed by atoms with Gasteiger partial charge in [0.2, 0.25) is 5.91 Å². The third-order valence-corrected chi connectivity index (χ3v) is 3.54. The Morgan fingerprint density at radius 2 is 2.00 bits per heavy atom. The number of amides is 1. The van der Waals surface area contributed by atoms with Gasteiger partial charge in [0, 0.05) is 24.4 Å². The molecule has 1 aromatic rings. The zero-order chi connectivity index (χ0) is 13.5. The molecule has 1 aromatic carbocycles. The highest BCUT2D eigenvalue weighted by atomic mass is 32.2. The fourth-order valence-corrected chi connectivity index (χ4v) is 2.35. The van der Waals surface area contributed by atoms with Crippen molar-refractivity contribution in [3.8, 4) is 5.75 Å². The van der Waals surface area contributed by atoms with Crippen molar-refractivity contribution in [1.82, 2.24) is 0 Å². The van der Waals surface area contributed by atoms with Crippen molar-refractivity contribution in [1.29, 1.82) is 0 Å². The van der Waals surface area contributed by atoms with E-state index in [1.165, 1.54) is 0 Å². The van der Waals surface area contributed by atoms with E-state index in [9.17, 15) is 4.79 Å². The molecule has 0 saturated carbocycles. The molecule has 0 saturated heterocycles. The number of hydrogen-bond donors (Lipinski definition) is 0. The average molecular weight is 267 g/mol. The van der Waals surface area contributed by atoms with Gasteiger partial charge in [-0.05, 0) is 37.4 Å². The quantitative estimate of drug-likeness (QED) is 0.793. The van der Waals surface area contributed by atoms with E-state index in [1.807, 2.05) is 51.4 Å². The van der Waals surface area contributed by atoms with Crippen molar-refractivity contribution in [2.75, 3.05) is 30.6 Å². The van der Waals surface area contributed by atoms with Gasteiger partial charge in [-0.25, -0.2) is 0 Å². The van der Waals surface area contributed by atoms with E-state index in [-0.39, 0.29) is 11.8 Å². The van der Waals surface area contributed by atoms with E-state index in [2.05, 4.69) is 0 Å². The molecule has 1 amide bonds. The highest BCUT2D eigenvalue weighted by Gasteiger charge is 2.18. The number of carbonyl (C=O) groups is 1. The first-order valence-electron chi connectivity index (χ1n) is 6.09. The lowest BCUT2D eigenvalue weighted by atomic mass is 10.1. The lowest BCUT2D eigenvalue weighted by molar-refractivity contribution is -0.120. The van der Waals surface area contributed by atoms with E-state index >= 15 is 0 Å². The molecular weight excluding hydrogens is 246 g/mol. The number of rotatable bonds is 6. The fraction of sp³-hybridized carbons (Fsp3) is 0.500. The van der Waals surface area contributed by atoms with Crippen molar-refractivity contribution in [3.63, 3.8) is 0 Å². The predicted octanol–water partition coefficient (Wildman–Crippen LogP) is 3.05. The molecule has 0 heterocycles. The third kappa shape index (κ3) is 3.95. The minimum absolute atomic E-state index is 0.0385. The molecule has 0 spiro atoms. The molecule has 0 aliphatic rings. The first kappa shape index (κ1) is 14.9. The van der Waals surface area contributed by atoms with Crippen LogP contribution in [0.3, 0.4) is 0 Å². The van der Waals surface area contributed by atoms with Crippen LogP contribution in [0.1, 0.15) is 13.8 Å². The molecule has 18 heavy (non-hydrogen) atoms. The molecule has 0 fully saturated rings. The monoisotopic (exact) mass is 267 g/mol. The lowest BCUT2D eigenvalue weighted by Crippen LogP contribution is -2.32. The van der Waals surface area contributed by atoms with Gasteiger partial charge in [0.05, 0.1) is 6.61 Å². The first-order chi connectivity index (χ1) is 8.60. The van der Waals surface area contributed by atoms with Gasteiger partial charge >= 0.3 is 0 Å². The summed E-state index contributed by atoms with van der Waals surface area (Å²) >= 11 is 1.69. The standard InChI is InChI=1S/C14H21NO2S/c1-5-17-13-8-6-12(7-9-13)15(3)14(16)11(2)10-18-4/h6-9,11H,5,10H2,1-4H3/t11-/m1/s1. The highest BCUT2D eigenvalue weighted by Crippen LogP contribution is 2.20. The van der Waals surface area contributed by atoms with E-state index in [4.69, 9.17) is 4.74 Å². The summed E-state index contributed by atoms with van der Waals surface area (Å²) < 4.78 is 5.38. The second-order valence-corrected chi connectivity index (χ2v) is 5.09. The summed E-state index contributed by atoms with van der Waals surface area (Å²) in [5.74, 6) is 1.87. The number of carbonyl (C=O) groups excluding carboxylic acids is 1. The number of benzene rings is 1. The van der Waals surface area contributed by atoms with Crippen molar-refractivity contribution in [2.45, 2.75) is 13.8 Å². The molecule has 4 heteroatoms. The van der Waals surface area contributed by atoms with Gasteiger partial charge in [-0.15, -0.1) is 0 Å². The van der Waals surface area contributed by atoms with Crippen LogP contribution in [0.2, 0.25) is 0 Å². The summed E-state index contributed by atoms with van der Waals surface area (Å²) in [5.41, 5.74) is 0.899. The minimum Gasteiger partial charge on any atom is -0.494 e. The van der Waals surface area contributed by atoms with Crippen LogP contribution in [-0.2, 0) is 4.79 Å². The number of hydrogen-bond acceptors (Lipinski definition) is 3. The van der Waals surface area contributed by atoms with E-state index < -0.39 is 0 Å². The SMILES string of the molecule is CCOc1ccc(N(C)C(=O)[C@H](C)CSC)cc1. The smallest absolute Gasteiger partial charge is 0.230 e. The maximum Gasteiger partial charge on any atom is 0.230 e. The third-order valence-electron chi connectivity index (χ3n) is 2.70.